The van der Waals surface area contributed by atoms with Crippen LogP contribution in [0.25, 0.3) is 5.76 Å². The average Bonchev–Trinajstić information content (AvgIpc) is 3.13. The number of ether oxygens (including phenoxy) is 2. The molecule has 1 aliphatic heterocycles. The van der Waals surface area contributed by atoms with Gasteiger partial charge in [-0.1, -0.05) is 35.9 Å². The minimum Gasteiger partial charge on any atom is -0.507 e. The summed E-state index contributed by atoms with van der Waals surface area (Å²) in [7, 11) is 2.83. The van der Waals surface area contributed by atoms with Crippen molar-refractivity contribution in [2.24, 2.45) is 0 Å². The van der Waals surface area contributed by atoms with Gasteiger partial charge in [0.15, 0.2) is 0 Å². The van der Waals surface area contributed by atoms with Gasteiger partial charge in [0.2, 0.25) is 0 Å². The highest BCUT2D eigenvalue weighted by Crippen LogP contribution is 2.45. The van der Waals surface area contributed by atoms with Crippen molar-refractivity contribution in [3.05, 3.63) is 93.5 Å². The molecule has 1 saturated heterocycles. The number of benzene rings is 3. The Morgan fingerprint density at radius 3 is 2.29 bits per heavy atom. The molecule has 1 amide bonds. The zero-order valence-corrected chi connectivity index (χ0v) is 20.0. The minimum atomic E-state index is -0.921. The van der Waals surface area contributed by atoms with Crippen LogP contribution in [0.4, 0.5) is 5.69 Å². The van der Waals surface area contributed by atoms with E-state index in [9.17, 15) is 14.7 Å². The molecule has 8 heteroatoms. The number of anilines is 1. The SMILES string of the molecule is COc1cc(/C(O)=C2\C(=O)C(=O)N(c3ccc(C#N)cc3)C2c2ccccc2C)c(OC)cc1Cl. The molecule has 0 aromatic heterocycles. The van der Waals surface area contributed by atoms with Gasteiger partial charge in [0.1, 0.15) is 17.3 Å². The lowest BCUT2D eigenvalue weighted by atomic mass is 9.92. The molecule has 0 saturated carbocycles. The van der Waals surface area contributed by atoms with Gasteiger partial charge in [0, 0.05) is 11.8 Å². The quantitative estimate of drug-likeness (QED) is 0.302. The number of methoxy groups -OCH3 is 2. The molecule has 7 nitrogen and oxygen atoms in total. The summed E-state index contributed by atoms with van der Waals surface area (Å²) in [5.74, 6) is -1.59. The standard InChI is InChI=1S/C27H21ClN2O5/c1-15-6-4-5-7-18(15)24-23(25(31)19-12-22(35-3)20(28)13-21(19)34-2)26(32)27(33)30(24)17-10-8-16(14-29)9-11-17/h4-13,24,31H,1-3H3/b25-23+. The summed E-state index contributed by atoms with van der Waals surface area (Å²) in [4.78, 5) is 28.0. The lowest BCUT2D eigenvalue weighted by Crippen LogP contribution is -2.29. The fraction of sp³-hybridized carbons (Fsp3) is 0.148. The van der Waals surface area contributed by atoms with E-state index in [1.807, 2.05) is 25.1 Å². The lowest BCUT2D eigenvalue weighted by Gasteiger charge is -2.26. The Hall–Kier alpha value is -4.28. The van der Waals surface area contributed by atoms with Gasteiger partial charge in [-0.25, -0.2) is 0 Å². The Bertz CT molecular complexity index is 1410. The molecule has 176 valence electrons. The van der Waals surface area contributed by atoms with Crippen LogP contribution in [0.2, 0.25) is 5.02 Å². The van der Waals surface area contributed by atoms with Gasteiger partial charge >= 0.3 is 0 Å². The van der Waals surface area contributed by atoms with Crippen LogP contribution in [-0.2, 0) is 9.59 Å². The number of ketones is 1. The molecular weight excluding hydrogens is 468 g/mol. The van der Waals surface area contributed by atoms with E-state index in [0.717, 1.165) is 5.56 Å². The minimum absolute atomic E-state index is 0.101. The normalized spacial score (nSPS) is 16.8. The molecule has 4 rings (SSSR count). The van der Waals surface area contributed by atoms with Crippen LogP contribution in [0.15, 0.2) is 66.2 Å². The molecule has 0 bridgehead atoms. The van der Waals surface area contributed by atoms with Crippen LogP contribution >= 0.6 is 11.6 Å². The van der Waals surface area contributed by atoms with Crippen molar-refractivity contribution in [2.75, 3.05) is 19.1 Å². The maximum atomic E-state index is 13.4. The number of hydrogen-bond acceptors (Lipinski definition) is 6. The number of aryl methyl sites for hydroxylation is 1. The first-order valence-corrected chi connectivity index (χ1v) is 11.0. The van der Waals surface area contributed by atoms with E-state index in [-0.39, 0.29) is 27.7 Å². The number of aliphatic hydroxyl groups is 1. The third-order valence-corrected chi connectivity index (χ3v) is 6.23. The first-order valence-electron chi connectivity index (χ1n) is 10.6. The predicted molar refractivity (Wildman–Crippen MR) is 132 cm³/mol. The molecule has 0 aliphatic carbocycles. The number of rotatable bonds is 5. The van der Waals surface area contributed by atoms with E-state index in [2.05, 4.69) is 0 Å². The first-order chi connectivity index (χ1) is 16.8. The summed E-state index contributed by atoms with van der Waals surface area (Å²) in [5, 5.41) is 20.9. The van der Waals surface area contributed by atoms with Gasteiger partial charge in [-0.15, -0.1) is 0 Å². The van der Waals surface area contributed by atoms with E-state index in [1.54, 1.807) is 36.4 Å². The van der Waals surface area contributed by atoms with E-state index >= 15 is 0 Å². The van der Waals surface area contributed by atoms with E-state index < -0.39 is 23.5 Å². The molecule has 1 unspecified atom stereocenters. The van der Waals surface area contributed by atoms with Gasteiger partial charge in [-0.05, 0) is 48.4 Å². The molecular formula is C27H21ClN2O5. The number of halogens is 1. The number of carbonyl (C=O) groups excluding carboxylic acids is 2. The van der Waals surface area contributed by atoms with Gasteiger partial charge in [0.25, 0.3) is 11.7 Å². The Kier molecular flexibility index (Phi) is 6.50. The van der Waals surface area contributed by atoms with Gasteiger partial charge in [-0.2, -0.15) is 5.26 Å². The molecule has 1 aliphatic rings. The molecule has 35 heavy (non-hydrogen) atoms. The third kappa shape index (κ3) is 4.09. The van der Waals surface area contributed by atoms with Gasteiger partial charge in [0.05, 0.1) is 48.1 Å². The Labute approximate surface area is 207 Å². The third-order valence-electron chi connectivity index (χ3n) is 5.93. The Balaban J connectivity index is 2.01. The highest BCUT2D eigenvalue weighted by atomic mass is 35.5. The summed E-state index contributed by atoms with van der Waals surface area (Å²) in [5.41, 5.74) is 2.37. The molecule has 3 aromatic rings. The van der Waals surface area contributed by atoms with Crippen LogP contribution in [0.1, 0.15) is 28.3 Å². The number of nitrogens with zero attached hydrogens (tertiary/aromatic N) is 2. The molecule has 3 aromatic carbocycles. The largest absolute Gasteiger partial charge is 0.507 e. The highest BCUT2D eigenvalue weighted by Gasteiger charge is 2.47. The number of aliphatic hydroxyl groups excluding tert-OH is 1. The number of carbonyl (C=O) groups is 2. The van der Waals surface area contributed by atoms with Crippen LogP contribution in [0.5, 0.6) is 11.5 Å². The summed E-state index contributed by atoms with van der Waals surface area (Å²) in [6.07, 6.45) is 0. The fourth-order valence-electron chi connectivity index (χ4n) is 4.17. The smallest absolute Gasteiger partial charge is 0.300 e. The van der Waals surface area contributed by atoms with E-state index in [0.29, 0.717) is 16.8 Å². The topological polar surface area (TPSA) is 99.9 Å². The van der Waals surface area contributed by atoms with Crippen molar-refractivity contribution < 1.29 is 24.2 Å². The number of hydrogen-bond donors (Lipinski definition) is 1. The van der Waals surface area contributed by atoms with Crippen LogP contribution in [0, 0.1) is 18.3 Å². The van der Waals surface area contributed by atoms with Gasteiger partial charge < -0.3 is 14.6 Å². The molecule has 1 heterocycles. The van der Waals surface area contributed by atoms with Crippen molar-refractivity contribution in [1.29, 1.82) is 5.26 Å². The Morgan fingerprint density at radius 1 is 1.03 bits per heavy atom. The summed E-state index contributed by atoms with van der Waals surface area (Å²) in [6.45, 7) is 1.86. The summed E-state index contributed by atoms with van der Waals surface area (Å²) in [6, 6.07) is 17.7. The molecule has 1 N–H and O–H groups in total. The Morgan fingerprint density at radius 2 is 1.69 bits per heavy atom. The average molecular weight is 489 g/mol. The van der Waals surface area contributed by atoms with E-state index in [1.165, 1.54) is 31.3 Å². The van der Waals surface area contributed by atoms with Crippen molar-refractivity contribution in [3.63, 3.8) is 0 Å². The van der Waals surface area contributed by atoms with Crippen molar-refractivity contribution in [2.45, 2.75) is 13.0 Å². The maximum Gasteiger partial charge on any atom is 0.300 e. The van der Waals surface area contributed by atoms with Crippen molar-refractivity contribution >= 4 is 34.7 Å². The van der Waals surface area contributed by atoms with E-state index in [4.69, 9.17) is 26.3 Å². The maximum absolute atomic E-state index is 13.4. The van der Waals surface area contributed by atoms with Crippen LogP contribution in [-0.4, -0.2) is 31.0 Å². The van der Waals surface area contributed by atoms with Crippen molar-refractivity contribution in [1.82, 2.24) is 0 Å². The first kappa shape index (κ1) is 23.9. The number of nitriles is 1. The molecule has 0 spiro atoms. The van der Waals surface area contributed by atoms with Crippen molar-refractivity contribution in [3.8, 4) is 17.6 Å². The monoisotopic (exact) mass is 488 g/mol. The molecule has 1 atom stereocenters. The number of Topliss-reactive ketones (excluding diaryl/α,β-unsaturated/α-hetero) is 1. The number of amides is 1. The van der Waals surface area contributed by atoms with Gasteiger partial charge in [-0.3, -0.25) is 14.5 Å². The highest BCUT2D eigenvalue weighted by molar-refractivity contribution is 6.51. The summed E-state index contributed by atoms with van der Waals surface area (Å²) >= 11 is 6.21. The zero-order chi connectivity index (χ0) is 25.3. The molecule has 0 radical (unpaired) electrons. The lowest BCUT2D eigenvalue weighted by molar-refractivity contribution is -0.132. The van der Waals surface area contributed by atoms with Crippen LogP contribution < -0.4 is 14.4 Å². The second-order valence-electron chi connectivity index (χ2n) is 7.87. The predicted octanol–water partition coefficient (Wildman–Crippen LogP) is 5.16. The summed E-state index contributed by atoms with van der Waals surface area (Å²) < 4.78 is 10.7. The zero-order valence-electron chi connectivity index (χ0n) is 19.2. The fourth-order valence-corrected chi connectivity index (χ4v) is 4.40. The second-order valence-corrected chi connectivity index (χ2v) is 8.28. The second kappa shape index (κ2) is 9.53. The molecule has 1 fully saturated rings. The van der Waals surface area contributed by atoms with Crippen LogP contribution in [0.3, 0.4) is 0 Å².